The summed E-state index contributed by atoms with van der Waals surface area (Å²) in [6, 6.07) is 20.6. The zero-order valence-corrected chi connectivity index (χ0v) is 14.3. The fourth-order valence-corrected chi connectivity index (χ4v) is 3.78. The molecule has 0 radical (unpaired) electrons. The predicted molar refractivity (Wildman–Crippen MR) is 97.1 cm³/mol. The average molecular weight is 333 g/mol. The molecule has 0 fully saturated rings. The molecule has 0 aliphatic heterocycles. The minimum absolute atomic E-state index is 0.0490. The van der Waals surface area contributed by atoms with Gasteiger partial charge in [0.15, 0.2) is 0 Å². The Morgan fingerprint density at radius 2 is 1.56 bits per heavy atom. The van der Waals surface area contributed by atoms with Gasteiger partial charge in [-0.2, -0.15) is 0 Å². The zero-order valence-electron chi connectivity index (χ0n) is 14.3. The van der Waals surface area contributed by atoms with Gasteiger partial charge in [0.05, 0.1) is 18.8 Å². The lowest BCUT2D eigenvalue weighted by Gasteiger charge is -2.32. The molecule has 1 aliphatic carbocycles. The van der Waals surface area contributed by atoms with E-state index in [2.05, 4.69) is 48.5 Å². The molecule has 3 aromatic rings. The Morgan fingerprint density at radius 3 is 2.08 bits per heavy atom. The van der Waals surface area contributed by atoms with Crippen LogP contribution in [-0.4, -0.2) is 10.8 Å². The van der Waals surface area contributed by atoms with Crippen LogP contribution in [0.1, 0.15) is 41.0 Å². The molecule has 0 saturated carbocycles. The Kier molecular flexibility index (Phi) is 4.14. The smallest absolute Gasteiger partial charge is 0.220 e. The predicted octanol–water partition coefficient (Wildman–Crippen LogP) is 4.52. The number of hydrogen-bond donors (Lipinski definition) is 0. The Bertz CT molecular complexity index is 835. The second-order valence-electron chi connectivity index (χ2n) is 6.53. The van der Waals surface area contributed by atoms with E-state index in [0.29, 0.717) is 6.54 Å². The van der Waals surface area contributed by atoms with Gasteiger partial charge in [-0.1, -0.05) is 48.5 Å². The monoisotopic (exact) mass is 333 g/mol. The van der Waals surface area contributed by atoms with E-state index < -0.39 is 0 Å². The van der Waals surface area contributed by atoms with Crippen LogP contribution >= 0.6 is 0 Å². The van der Waals surface area contributed by atoms with Gasteiger partial charge in [-0.3, -0.25) is 4.79 Å². The lowest BCUT2D eigenvalue weighted by Crippen LogP contribution is -2.33. The molecule has 4 rings (SSSR count). The number of benzene rings is 2. The molecule has 0 N–H and O–H groups in total. The number of carbonyl (C=O) groups is 1. The number of nitrogens with zero attached hydrogens (tertiary/aromatic N) is 1. The summed E-state index contributed by atoms with van der Waals surface area (Å²) in [7, 11) is 0. The molecule has 1 aliphatic rings. The largest absolute Gasteiger partial charge is 0.467 e. The lowest BCUT2D eigenvalue weighted by molar-refractivity contribution is -0.131. The van der Waals surface area contributed by atoms with Crippen LogP contribution in [0.3, 0.4) is 0 Å². The van der Waals surface area contributed by atoms with E-state index in [4.69, 9.17) is 4.42 Å². The summed E-state index contributed by atoms with van der Waals surface area (Å²) >= 11 is 0. The molecule has 1 aromatic heterocycles. The molecule has 1 heterocycles. The molecular weight excluding hydrogens is 312 g/mol. The van der Waals surface area contributed by atoms with Gasteiger partial charge in [0.2, 0.25) is 5.91 Å². The summed E-state index contributed by atoms with van der Waals surface area (Å²) in [6.07, 6.45) is 3.65. The Morgan fingerprint density at radius 1 is 0.960 bits per heavy atom. The molecular formula is C22H21NO2. The first kappa shape index (κ1) is 15.7. The van der Waals surface area contributed by atoms with Gasteiger partial charge >= 0.3 is 0 Å². The minimum atomic E-state index is -0.0856. The van der Waals surface area contributed by atoms with E-state index in [9.17, 15) is 4.79 Å². The van der Waals surface area contributed by atoms with Crippen LogP contribution < -0.4 is 0 Å². The summed E-state index contributed by atoms with van der Waals surface area (Å²) in [5.74, 6) is 0.849. The van der Waals surface area contributed by atoms with E-state index in [1.807, 2.05) is 17.0 Å². The third-order valence-electron chi connectivity index (χ3n) is 4.99. The number of hydrogen-bond acceptors (Lipinski definition) is 2. The van der Waals surface area contributed by atoms with Gasteiger partial charge < -0.3 is 9.32 Å². The van der Waals surface area contributed by atoms with Crippen molar-refractivity contribution in [2.75, 3.05) is 0 Å². The number of carbonyl (C=O) groups excluding carboxylic acids is 1. The van der Waals surface area contributed by atoms with Crippen molar-refractivity contribution < 1.29 is 9.21 Å². The topological polar surface area (TPSA) is 33.5 Å². The van der Waals surface area contributed by atoms with E-state index in [1.165, 1.54) is 22.3 Å². The van der Waals surface area contributed by atoms with Gasteiger partial charge in [0, 0.05) is 6.92 Å². The second-order valence-corrected chi connectivity index (χ2v) is 6.53. The highest BCUT2D eigenvalue weighted by molar-refractivity contribution is 5.74. The van der Waals surface area contributed by atoms with Crippen molar-refractivity contribution in [1.29, 1.82) is 0 Å². The van der Waals surface area contributed by atoms with Gasteiger partial charge in [-0.15, -0.1) is 0 Å². The molecule has 126 valence electrons. The number of aryl methyl sites for hydroxylation is 2. The minimum Gasteiger partial charge on any atom is -0.467 e. The maximum Gasteiger partial charge on any atom is 0.220 e. The second kappa shape index (κ2) is 6.60. The number of fused-ring (bicyclic) bond motifs is 2. The van der Waals surface area contributed by atoms with Gasteiger partial charge in [0.25, 0.3) is 0 Å². The maximum atomic E-state index is 12.6. The highest BCUT2D eigenvalue weighted by atomic mass is 16.3. The van der Waals surface area contributed by atoms with E-state index in [1.54, 1.807) is 13.2 Å². The molecule has 0 atom stereocenters. The molecule has 3 heteroatoms. The quantitative estimate of drug-likeness (QED) is 0.661. The molecule has 2 aromatic carbocycles. The van der Waals surface area contributed by atoms with Crippen molar-refractivity contribution in [1.82, 2.24) is 4.90 Å². The van der Waals surface area contributed by atoms with Crippen molar-refractivity contribution >= 4 is 5.91 Å². The van der Waals surface area contributed by atoms with Gasteiger partial charge in [-0.05, 0) is 47.2 Å². The van der Waals surface area contributed by atoms with Crippen LogP contribution in [0, 0.1) is 0 Å². The van der Waals surface area contributed by atoms with Crippen LogP contribution in [0.5, 0.6) is 0 Å². The first-order chi connectivity index (χ1) is 12.2. The molecule has 25 heavy (non-hydrogen) atoms. The normalized spacial score (nSPS) is 13.6. The summed E-state index contributed by atoms with van der Waals surface area (Å²) in [6.45, 7) is 2.11. The van der Waals surface area contributed by atoms with Crippen molar-refractivity contribution in [2.45, 2.75) is 32.4 Å². The zero-order chi connectivity index (χ0) is 17.2. The highest BCUT2D eigenvalue weighted by Crippen LogP contribution is 2.37. The summed E-state index contributed by atoms with van der Waals surface area (Å²) in [5, 5.41) is 0. The third kappa shape index (κ3) is 2.98. The SMILES string of the molecule is [13CH3][13C](=O)N(Cc1ccco1)C1c2ccccc2CCc2ccccc21. The van der Waals surface area contributed by atoms with Crippen LogP contribution in [0.4, 0.5) is 0 Å². The van der Waals surface area contributed by atoms with E-state index in [-0.39, 0.29) is 11.9 Å². The van der Waals surface area contributed by atoms with Crippen molar-refractivity contribution in [3.05, 3.63) is 94.9 Å². The summed E-state index contributed by atoms with van der Waals surface area (Å²) < 4.78 is 5.52. The standard InChI is InChI=1S/C22H21NO2/c1-16(24)23(15-19-9-6-14-25-19)22-20-10-4-2-7-17(20)12-13-18-8-3-5-11-21(18)22/h2-11,14,22H,12-13,15H2,1H3/i1+1,16+1. The van der Waals surface area contributed by atoms with Crippen LogP contribution in [0.15, 0.2) is 71.3 Å². The number of furan rings is 1. The molecule has 0 unspecified atom stereocenters. The number of amides is 1. The molecule has 0 saturated heterocycles. The van der Waals surface area contributed by atoms with Crippen molar-refractivity contribution in [2.24, 2.45) is 0 Å². The molecule has 3 nitrogen and oxygen atoms in total. The van der Waals surface area contributed by atoms with Crippen LogP contribution in [0.25, 0.3) is 0 Å². The van der Waals surface area contributed by atoms with Crippen LogP contribution in [-0.2, 0) is 24.2 Å². The van der Waals surface area contributed by atoms with E-state index >= 15 is 0 Å². The maximum absolute atomic E-state index is 12.6. The summed E-state index contributed by atoms with van der Waals surface area (Å²) in [5.41, 5.74) is 5.06. The Labute approximate surface area is 147 Å². The fourth-order valence-electron chi connectivity index (χ4n) is 3.78. The first-order valence-corrected chi connectivity index (χ1v) is 8.69. The van der Waals surface area contributed by atoms with Crippen molar-refractivity contribution in [3.63, 3.8) is 0 Å². The van der Waals surface area contributed by atoms with Crippen LogP contribution in [0.2, 0.25) is 0 Å². The Hall–Kier alpha value is -2.81. The van der Waals surface area contributed by atoms with Gasteiger partial charge in [-0.25, -0.2) is 0 Å². The summed E-state index contributed by atoms with van der Waals surface area (Å²) in [4.78, 5) is 14.5. The molecule has 1 amide bonds. The van der Waals surface area contributed by atoms with Crippen molar-refractivity contribution in [3.8, 4) is 0 Å². The molecule has 0 spiro atoms. The third-order valence-corrected chi connectivity index (χ3v) is 4.99. The fraction of sp³-hybridized carbons (Fsp3) is 0.227. The van der Waals surface area contributed by atoms with E-state index in [0.717, 1.165) is 18.6 Å². The Balaban J connectivity index is 1.87. The highest BCUT2D eigenvalue weighted by Gasteiger charge is 2.30. The lowest BCUT2D eigenvalue weighted by atomic mass is 9.94. The average Bonchev–Trinajstić information content (AvgIpc) is 3.08. The molecule has 0 bridgehead atoms. The first-order valence-electron chi connectivity index (χ1n) is 8.69. The number of rotatable bonds is 3. The van der Waals surface area contributed by atoms with Gasteiger partial charge in [0.1, 0.15) is 5.76 Å².